The van der Waals surface area contributed by atoms with Crippen LogP contribution in [0.15, 0.2) is 0 Å². The van der Waals surface area contributed by atoms with Gasteiger partial charge in [0.1, 0.15) is 17.7 Å². The molecule has 0 saturated carbocycles. The second kappa shape index (κ2) is 7.28. The van der Waals surface area contributed by atoms with E-state index in [2.05, 4.69) is 29.1 Å². The van der Waals surface area contributed by atoms with E-state index in [1.807, 2.05) is 27.8 Å². The van der Waals surface area contributed by atoms with E-state index in [1.54, 1.807) is 0 Å². The lowest BCUT2D eigenvalue weighted by molar-refractivity contribution is 0.0628. The fraction of sp³-hybridized carbons (Fsp3) is 0.714. The molecule has 0 aliphatic rings. The lowest BCUT2D eigenvalue weighted by atomic mass is 10.2. The molecule has 0 aromatic carbocycles. The van der Waals surface area contributed by atoms with E-state index in [-0.39, 0.29) is 12.0 Å². The van der Waals surface area contributed by atoms with Gasteiger partial charge in [-0.05, 0) is 20.8 Å². The molecule has 0 radical (unpaired) electrons. The van der Waals surface area contributed by atoms with Gasteiger partial charge in [0.2, 0.25) is 5.88 Å². The third-order valence-corrected chi connectivity index (χ3v) is 2.74. The van der Waals surface area contributed by atoms with Crippen LogP contribution in [0.3, 0.4) is 0 Å². The maximum atomic E-state index is 5.86. The van der Waals surface area contributed by atoms with E-state index in [9.17, 15) is 0 Å². The van der Waals surface area contributed by atoms with Gasteiger partial charge in [-0.15, -0.1) is 0 Å². The van der Waals surface area contributed by atoms with Crippen molar-refractivity contribution in [2.75, 3.05) is 25.6 Å². The van der Waals surface area contributed by atoms with Crippen LogP contribution < -0.4 is 10.1 Å². The number of ether oxygens (including phenoxy) is 2. The van der Waals surface area contributed by atoms with Gasteiger partial charge in [-0.3, -0.25) is 0 Å². The molecule has 108 valence electrons. The van der Waals surface area contributed by atoms with Crippen LogP contribution in [-0.4, -0.2) is 36.3 Å². The lowest BCUT2D eigenvalue weighted by Crippen LogP contribution is -2.21. The fourth-order valence-electron chi connectivity index (χ4n) is 1.64. The van der Waals surface area contributed by atoms with Crippen LogP contribution in [-0.2, 0) is 4.74 Å². The minimum absolute atomic E-state index is 0.0294. The Kier molecular flexibility index (Phi) is 6.02. The highest BCUT2D eigenvalue weighted by Gasteiger charge is 2.15. The van der Waals surface area contributed by atoms with Gasteiger partial charge < -0.3 is 14.8 Å². The summed E-state index contributed by atoms with van der Waals surface area (Å²) in [5.74, 6) is 2.50. The molecule has 1 atom stereocenters. The van der Waals surface area contributed by atoms with Gasteiger partial charge in [-0.1, -0.05) is 13.8 Å². The summed E-state index contributed by atoms with van der Waals surface area (Å²) in [7, 11) is 1.85. The number of nitrogens with zero attached hydrogens (tertiary/aromatic N) is 2. The highest BCUT2D eigenvalue weighted by Crippen LogP contribution is 2.25. The van der Waals surface area contributed by atoms with E-state index < -0.39 is 0 Å². The Bertz CT molecular complexity index is 408. The highest BCUT2D eigenvalue weighted by atomic mass is 16.5. The molecule has 1 heterocycles. The van der Waals surface area contributed by atoms with Crippen LogP contribution in [0.2, 0.25) is 0 Å². The largest absolute Gasteiger partial charge is 0.472 e. The Balaban J connectivity index is 2.94. The van der Waals surface area contributed by atoms with E-state index in [1.165, 1.54) is 0 Å². The first kappa shape index (κ1) is 15.7. The minimum atomic E-state index is -0.0294. The average molecular weight is 267 g/mol. The second-order valence-corrected chi connectivity index (χ2v) is 4.85. The second-order valence-electron chi connectivity index (χ2n) is 4.85. The molecule has 1 rings (SSSR count). The number of hydrogen-bond donors (Lipinski definition) is 1. The maximum absolute atomic E-state index is 5.86. The zero-order chi connectivity index (χ0) is 14.4. The van der Waals surface area contributed by atoms with Crippen LogP contribution in [0.1, 0.15) is 45.0 Å². The first-order chi connectivity index (χ1) is 8.99. The predicted molar refractivity (Wildman–Crippen MR) is 77.0 cm³/mol. The van der Waals surface area contributed by atoms with Gasteiger partial charge in [0.25, 0.3) is 0 Å². The van der Waals surface area contributed by atoms with Gasteiger partial charge in [-0.2, -0.15) is 4.98 Å². The molecule has 0 amide bonds. The minimum Gasteiger partial charge on any atom is -0.472 e. The predicted octanol–water partition coefficient (Wildman–Crippen LogP) is 2.75. The summed E-state index contributed by atoms with van der Waals surface area (Å²) in [6, 6.07) is 0. The molecule has 0 bridgehead atoms. The number of nitrogens with one attached hydrogen (secondary N) is 1. The Labute approximate surface area is 115 Å². The van der Waals surface area contributed by atoms with E-state index in [4.69, 9.17) is 9.47 Å². The van der Waals surface area contributed by atoms with Crippen molar-refractivity contribution >= 4 is 5.82 Å². The standard InChI is InChI=1S/C14H25N3O2/c1-7-18-8-10(4)19-14-11(5)13(15-6)16-12(17-14)9(2)3/h9-10H,7-8H2,1-6H3,(H,15,16,17). The molecule has 0 fully saturated rings. The summed E-state index contributed by atoms with van der Waals surface area (Å²) >= 11 is 0. The molecule has 5 heteroatoms. The van der Waals surface area contributed by atoms with Gasteiger partial charge >= 0.3 is 0 Å². The van der Waals surface area contributed by atoms with Gasteiger partial charge in [0.05, 0.1) is 12.2 Å². The van der Waals surface area contributed by atoms with Crippen LogP contribution in [0.25, 0.3) is 0 Å². The summed E-state index contributed by atoms with van der Waals surface area (Å²) in [6.45, 7) is 11.3. The van der Waals surface area contributed by atoms with Gasteiger partial charge in [0.15, 0.2) is 0 Å². The number of aromatic nitrogens is 2. The van der Waals surface area contributed by atoms with Gasteiger partial charge in [0, 0.05) is 19.6 Å². The molecule has 0 aliphatic heterocycles. The summed E-state index contributed by atoms with van der Waals surface area (Å²) in [5, 5.41) is 3.08. The van der Waals surface area contributed by atoms with Crippen molar-refractivity contribution in [2.24, 2.45) is 0 Å². The lowest BCUT2D eigenvalue weighted by Gasteiger charge is -2.18. The van der Waals surface area contributed by atoms with Crippen molar-refractivity contribution in [1.29, 1.82) is 0 Å². The molecule has 1 unspecified atom stereocenters. The van der Waals surface area contributed by atoms with Crippen molar-refractivity contribution in [3.8, 4) is 5.88 Å². The van der Waals surface area contributed by atoms with Crippen molar-refractivity contribution in [3.05, 3.63) is 11.4 Å². The highest BCUT2D eigenvalue weighted by molar-refractivity contribution is 5.48. The van der Waals surface area contributed by atoms with Crippen LogP contribution in [0.4, 0.5) is 5.82 Å². The zero-order valence-electron chi connectivity index (χ0n) is 12.8. The summed E-state index contributed by atoms with van der Waals surface area (Å²) in [6.07, 6.45) is -0.0294. The van der Waals surface area contributed by atoms with Crippen molar-refractivity contribution in [2.45, 2.75) is 46.6 Å². The van der Waals surface area contributed by atoms with Crippen molar-refractivity contribution in [1.82, 2.24) is 9.97 Å². The summed E-state index contributed by atoms with van der Waals surface area (Å²) < 4.78 is 11.2. The van der Waals surface area contributed by atoms with Gasteiger partial charge in [-0.25, -0.2) is 4.98 Å². The Morgan fingerprint density at radius 1 is 1.21 bits per heavy atom. The number of hydrogen-bond acceptors (Lipinski definition) is 5. The molecule has 0 saturated heterocycles. The topological polar surface area (TPSA) is 56.3 Å². The van der Waals surface area contributed by atoms with Crippen LogP contribution in [0, 0.1) is 6.92 Å². The van der Waals surface area contributed by atoms with E-state index >= 15 is 0 Å². The Morgan fingerprint density at radius 2 is 1.89 bits per heavy atom. The van der Waals surface area contributed by atoms with Crippen molar-refractivity contribution < 1.29 is 9.47 Å². The Morgan fingerprint density at radius 3 is 2.42 bits per heavy atom. The normalized spacial score (nSPS) is 12.6. The third-order valence-electron chi connectivity index (χ3n) is 2.74. The van der Waals surface area contributed by atoms with E-state index in [0.29, 0.717) is 19.1 Å². The molecule has 0 aliphatic carbocycles. The maximum Gasteiger partial charge on any atom is 0.222 e. The summed E-state index contributed by atoms with van der Waals surface area (Å²) in [5.41, 5.74) is 0.926. The first-order valence-corrected chi connectivity index (χ1v) is 6.80. The SMILES string of the molecule is CCOCC(C)Oc1nc(C(C)C)nc(NC)c1C. The molecule has 19 heavy (non-hydrogen) atoms. The Hall–Kier alpha value is -1.36. The molecule has 1 aromatic heterocycles. The quantitative estimate of drug-likeness (QED) is 0.823. The van der Waals surface area contributed by atoms with Crippen molar-refractivity contribution in [3.63, 3.8) is 0 Å². The smallest absolute Gasteiger partial charge is 0.222 e. The number of anilines is 1. The molecular formula is C14H25N3O2. The molecular weight excluding hydrogens is 242 g/mol. The van der Waals surface area contributed by atoms with Crippen LogP contribution in [0.5, 0.6) is 5.88 Å². The van der Waals surface area contributed by atoms with E-state index in [0.717, 1.165) is 17.2 Å². The monoisotopic (exact) mass is 267 g/mol. The summed E-state index contributed by atoms with van der Waals surface area (Å²) in [4.78, 5) is 8.99. The average Bonchev–Trinajstić information content (AvgIpc) is 2.38. The molecule has 5 nitrogen and oxygen atoms in total. The first-order valence-electron chi connectivity index (χ1n) is 6.80. The fourth-order valence-corrected chi connectivity index (χ4v) is 1.64. The third kappa shape index (κ3) is 4.35. The zero-order valence-corrected chi connectivity index (χ0v) is 12.8. The molecule has 1 aromatic rings. The molecule has 0 spiro atoms. The number of rotatable bonds is 7. The molecule has 1 N–H and O–H groups in total. The van der Waals surface area contributed by atoms with Crippen LogP contribution >= 0.6 is 0 Å².